The Morgan fingerprint density at radius 2 is 1.59 bits per heavy atom. The fourth-order valence-electron chi connectivity index (χ4n) is 2.16. The molecular weight excluding hydrogens is 276 g/mol. The highest BCUT2D eigenvalue weighted by Crippen LogP contribution is 2.23. The van der Waals surface area contributed by atoms with Crippen molar-refractivity contribution in [2.24, 2.45) is 0 Å². The van der Waals surface area contributed by atoms with E-state index in [2.05, 4.69) is 10.6 Å². The number of hydrogen-bond donors (Lipinski definition) is 2. The average molecular weight is 300 g/mol. The Morgan fingerprint density at radius 3 is 2.41 bits per heavy atom. The van der Waals surface area contributed by atoms with Crippen LogP contribution in [0.2, 0.25) is 0 Å². The maximum absolute atomic E-state index is 5.60. The average Bonchev–Trinajstić information content (AvgIpc) is 2.54. The van der Waals surface area contributed by atoms with Crippen LogP contribution in [0.3, 0.4) is 0 Å². The molecule has 0 atom stereocenters. The lowest BCUT2D eigenvalue weighted by Crippen LogP contribution is -2.14. The van der Waals surface area contributed by atoms with Gasteiger partial charge in [0, 0.05) is 24.8 Å². The van der Waals surface area contributed by atoms with Crippen molar-refractivity contribution in [1.82, 2.24) is 0 Å². The van der Waals surface area contributed by atoms with Crippen LogP contribution in [0.25, 0.3) is 0 Å². The van der Waals surface area contributed by atoms with Gasteiger partial charge in [-0.05, 0) is 38.1 Å². The number of ether oxygens (including phenoxy) is 2. The standard InChI is InChI=1S/C18H24N2O2/c1-3-21-16-9-7-8-15(14-16)19-12-13-20-17-10-5-6-11-18(17)22-4-2/h5-11,14,19-20H,3-4,12-13H2,1-2H3. The van der Waals surface area contributed by atoms with Crippen LogP contribution in [0.5, 0.6) is 11.5 Å². The van der Waals surface area contributed by atoms with E-state index in [0.717, 1.165) is 36.0 Å². The lowest BCUT2D eigenvalue weighted by molar-refractivity contribution is 0.340. The largest absolute Gasteiger partial charge is 0.494 e. The van der Waals surface area contributed by atoms with Crippen LogP contribution in [-0.2, 0) is 0 Å². The lowest BCUT2D eigenvalue weighted by atomic mass is 10.3. The van der Waals surface area contributed by atoms with Crippen LogP contribution in [0.4, 0.5) is 11.4 Å². The van der Waals surface area contributed by atoms with Gasteiger partial charge in [0.2, 0.25) is 0 Å². The fraction of sp³-hybridized carbons (Fsp3) is 0.333. The second-order valence-corrected chi connectivity index (χ2v) is 4.74. The molecule has 2 rings (SSSR count). The zero-order valence-electron chi connectivity index (χ0n) is 13.3. The van der Waals surface area contributed by atoms with E-state index in [1.54, 1.807) is 0 Å². The van der Waals surface area contributed by atoms with Crippen LogP contribution in [0.15, 0.2) is 48.5 Å². The lowest BCUT2D eigenvalue weighted by Gasteiger charge is -2.13. The maximum atomic E-state index is 5.60. The number of benzene rings is 2. The Balaban J connectivity index is 1.81. The quantitative estimate of drug-likeness (QED) is 0.687. The minimum absolute atomic E-state index is 0.668. The van der Waals surface area contributed by atoms with Crippen molar-refractivity contribution in [3.63, 3.8) is 0 Å². The Hall–Kier alpha value is -2.36. The van der Waals surface area contributed by atoms with Gasteiger partial charge in [0.05, 0.1) is 18.9 Å². The zero-order valence-corrected chi connectivity index (χ0v) is 13.3. The Kier molecular flexibility index (Phi) is 6.42. The van der Waals surface area contributed by atoms with E-state index in [1.807, 2.05) is 62.4 Å². The summed E-state index contributed by atoms with van der Waals surface area (Å²) in [7, 11) is 0. The Morgan fingerprint density at radius 1 is 0.818 bits per heavy atom. The molecule has 0 radical (unpaired) electrons. The first-order valence-electron chi connectivity index (χ1n) is 7.76. The van der Waals surface area contributed by atoms with Crippen molar-refractivity contribution in [1.29, 1.82) is 0 Å². The molecular formula is C18H24N2O2. The van der Waals surface area contributed by atoms with Gasteiger partial charge in [-0.3, -0.25) is 0 Å². The molecule has 0 spiro atoms. The fourth-order valence-corrected chi connectivity index (χ4v) is 2.16. The number of anilines is 2. The van der Waals surface area contributed by atoms with Gasteiger partial charge in [-0.2, -0.15) is 0 Å². The van der Waals surface area contributed by atoms with Crippen molar-refractivity contribution in [2.75, 3.05) is 36.9 Å². The Labute approximate surface area is 132 Å². The van der Waals surface area contributed by atoms with Crippen molar-refractivity contribution in [3.8, 4) is 11.5 Å². The van der Waals surface area contributed by atoms with Crippen LogP contribution in [-0.4, -0.2) is 26.3 Å². The molecule has 2 N–H and O–H groups in total. The molecule has 0 unspecified atom stereocenters. The van der Waals surface area contributed by atoms with E-state index in [1.165, 1.54) is 0 Å². The molecule has 0 saturated heterocycles. The minimum atomic E-state index is 0.668. The van der Waals surface area contributed by atoms with Gasteiger partial charge in [0.25, 0.3) is 0 Å². The first kappa shape index (κ1) is 16.0. The maximum Gasteiger partial charge on any atom is 0.142 e. The summed E-state index contributed by atoms with van der Waals surface area (Å²) in [6, 6.07) is 16.0. The third-order valence-corrected chi connectivity index (χ3v) is 3.10. The molecule has 4 heteroatoms. The van der Waals surface area contributed by atoms with E-state index >= 15 is 0 Å². The van der Waals surface area contributed by atoms with Crippen molar-refractivity contribution >= 4 is 11.4 Å². The Bertz CT molecular complexity index is 573. The van der Waals surface area contributed by atoms with Gasteiger partial charge in [0.1, 0.15) is 11.5 Å². The molecule has 2 aromatic carbocycles. The molecule has 2 aromatic rings. The molecule has 0 saturated carbocycles. The summed E-state index contributed by atoms with van der Waals surface area (Å²) in [4.78, 5) is 0. The SMILES string of the molecule is CCOc1cccc(NCCNc2ccccc2OCC)c1. The molecule has 118 valence electrons. The van der Waals surface area contributed by atoms with Gasteiger partial charge < -0.3 is 20.1 Å². The van der Waals surface area contributed by atoms with Crippen molar-refractivity contribution in [3.05, 3.63) is 48.5 Å². The third-order valence-electron chi connectivity index (χ3n) is 3.10. The van der Waals surface area contributed by atoms with Crippen molar-refractivity contribution in [2.45, 2.75) is 13.8 Å². The highest BCUT2D eigenvalue weighted by Gasteiger charge is 2.01. The normalized spacial score (nSPS) is 10.1. The molecule has 0 amide bonds. The molecule has 0 heterocycles. The zero-order chi connectivity index (χ0) is 15.6. The summed E-state index contributed by atoms with van der Waals surface area (Å²) < 4.78 is 11.1. The molecule has 0 bridgehead atoms. The van der Waals surface area contributed by atoms with E-state index in [4.69, 9.17) is 9.47 Å². The van der Waals surface area contributed by atoms with Crippen LogP contribution >= 0.6 is 0 Å². The van der Waals surface area contributed by atoms with E-state index in [9.17, 15) is 0 Å². The molecule has 0 aliphatic heterocycles. The predicted molar refractivity (Wildman–Crippen MR) is 92.2 cm³/mol. The molecule has 0 aliphatic rings. The summed E-state index contributed by atoms with van der Waals surface area (Å²) >= 11 is 0. The minimum Gasteiger partial charge on any atom is -0.494 e. The van der Waals surface area contributed by atoms with Gasteiger partial charge in [-0.15, -0.1) is 0 Å². The van der Waals surface area contributed by atoms with Gasteiger partial charge in [-0.25, -0.2) is 0 Å². The molecule has 0 aromatic heterocycles. The number of rotatable bonds is 9. The summed E-state index contributed by atoms with van der Waals surface area (Å²) in [5, 5.41) is 6.77. The number of para-hydroxylation sites is 2. The van der Waals surface area contributed by atoms with Crippen LogP contribution in [0, 0.1) is 0 Å². The highest BCUT2D eigenvalue weighted by atomic mass is 16.5. The first-order valence-corrected chi connectivity index (χ1v) is 7.76. The molecule has 0 aliphatic carbocycles. The second kappa shape index (κ2) is 8.82. The molecule has 22 heavy (non-hydrogen) atoms. The van der Waals surface area contributed by atoms with E-state index in [-0.39, 0.29) is 0 Å². The summed E-state index contributed by atoms with van der Waals surface area (Å²) in [5.74, 6) is 1.78. The topological polar surface area (TPSA) is 42.5 Å². The second-order valence-electron chi connectivity index (χ2n) is 4.74. The van der Waals surface area contributed by atoms with Crippen LogP contribution in [0.1, 0.15) is 13.8 Å². The number of nitrogens with one attached hydrogen (secondary N) is 2. The van der Waals surface area contributed by atoms with Crippen molar-refractivity contribution < 1.29 is 9.47 Å². The summed E-state index contributed by atoms with van der Waals surface area (Å²) in [6.07, 6.45) is 0. The summed E-state index contributed by atoms with van der Waals surface area (Å²) in [5.41, 5.74) is 2.08. The third kappa shape index (κ3) is 4.88. The number of hydrogen-bond acceptors (Lipinski definition) is 4. The summed E-state index contributed by atoms with van der Waals surface area (Å²) in [6.45, 7) is 6.95. The predicted octanol–water partition coefficient (Wildman–Crippen LogP) is 4.01. The van der Waals surface area contributed by atoms with Gasteiger partial charge in [-0.1, -0.05) is 18.2 Å². The molecule has 4 nitrogen and oxygen atoms in total. The monoisotopic (exact) mass is 300 g/mol. The van der Waals surface area contributed by atoms with E-state index < -0.39 is 0 Å². The smallest absolute Gasteiger partial charge is 0.142 e. The van der Waals surface area contributed by atoms with Gasteiger partial charge >= 0.3 is 0 Å². The molecule has 0 fully saturated rings. The highest BCUT2D eigenvalue weighted by molar-refractivity contribution is 5.56. The van der Waals surface area contributed by atoms with Crippen LogP contribution < -0.4 is 20.1 Å². The first-order chi connectivity index (χ1) is 10.8. The van der Waals surface area contributed by atoms with E-state index in [0.29, 0.717) is 13.2 Å². The van der Waals surface area contributed by atoms with Gasteiger partial charge in [0.15, 0.2) is 0 Å².